The number of primary amides is 1. The Labute approximate surface area is 74.7 Å². The Morgan fingerprint density at radius 2 is 2.31 bits per heavy atom. The molecule has 0 aliphatic heterocycles. The number of diazo groups is 1. The van der Waals surface area contributed by atoms with E-state index in [0.717, 1.165) is 0 Å². The molecule has 0 aromatic heterocycles. The van der Waals surface area contributed by atoms with Crippen LogP contribution in [0.4, 0.5) is 5.69 Å². The van der Waals surface area contributed by atoms with E-state index in [1.165, 1.54) is 25.3 Å². The molecule has 1 rings (SSSR count). The predicted molar refractivity (Wildman–Crippen MR) is 46.3 cm³/mol. The average Bonchev–Trinajstić information content (AvgIpc) is 2.16. The fourth-order valence-corrected chi connectivity index (χ4v) is 0.921. The molecule has 0 radical (unpaired) electrons. The number of benzene rings is 1. The van der Waals surface area contributed by atoms with Gasteiger partial charge in [0.15, 0.2) is 4.98 Å². The number of hydrogen-bond acceptors (Lipinski definition) is 3. The van der Waals surface area contributed by atoms with Crippen LogP contribution in [0.15, 0.2) is 18.2 Å². The summed E-state index contributed by atoms with van der Waals surface area (Å²) in [6, 6.07) is 4.35. The van der Waals surface area contributed by atoms with E-state index < -0.39 is 5.91 Å². The molecule has 66 valence electrons. The lowest BCUT2D eigenvalue weighted by atomic mass is 10.2. The maximum atomic E-state index is 10.7. The number of hydrogen-bond donors (Lipinski definition) is 1. The smallest absolute Gasteiger partial charge is 0.427 e. The second-order valence-electron chi connectivity index (χ2n) is 2.35. The zero-order valence-corrected chi connectivity index (χ0v) is 7.02. The van der Waals surface area contributed by atoms with E-state index in [1.54, 1.807) is 0 Å². The SMILES string of the molecule is COc1ccc(C(N)=O)cc1[N+]#N. The summed E-state index contributed by atoms with van der Waals surface area (Å²) >= 11 is 0. The van der Waals surface area contributed by atoms with E-state index in [1.807, 2.05) is 0 Å². The van der Waals surface area contributed by atoms with Crippen LogP contribution < -0.4 is 10.5 Å². The highest BCUT2D eigenvalue weighted by Crippen LogP contribution is 2.27. The van der Waals surface area contributed by atoms with Crippen molar-refractivity contribution in [2.24, 2.45) is 5.73 Å². The standard InChI is InChI=1S/C8H7N3O2/c1-13-7-3-2-5(8(9)12)4-6(7)11-10/h2-4H,1H3,(H-,9,12)/p+1. The molecule has 0 fully saturated rings. The summed E-state index contributed by atoms with van der Waals surface area (Å²) in [5.74, 6) is -0.194. The van der Waals surface area contributed by atoms with Crippen molar-refractivity contribution in [1.29, 1.82) is 5.39 Å². The molecular formula is C8H8N3O2+. The first-order chi connectivity index (χ1) is 6.19. The van der Waals surface area contributed by atoms with Gasteiger partial charge < -0.3 is 10.5 Å². The molecule has 0 unspecified atom stereocenters. The Bertz CT molecular complexity index is 381. The normalized spacial score (nSPS) is 8.92. The van der Waals surface area contributed by atoms with Crippen molar-refractivity contribution >= 4 is 11.6 Å². The summed E-state index contributed by atoms with van der Waals surface area (Å²) in [4.78, 5) is 13.7. The Kier molecular flexibility index (Phi) is 2.45. The summed E-state index contributed by atoms with van der Waals surface area (Å²) < 4.78 is 4.87. The summed E-state index contributed by atoms with van der Waals surface area (Å²) in [5.41, 5.74) is 5.48. The van der Waals surface area contributed by atoms with Crippen molar-refractivity contribution in [2.75, 3.05) is 7.11 Å². The molecule has 13 heavy (non-hydrogen) atoms. The number of carbonyl (C=O) groups is 1. The van der Waals surface area contributed by atoms with Crippen molar-refractivity contribution < 1.29 is 9.53 Å². The number of ether oxygens (including phenoxy) is 1. The molecule has 5 nitrogen and oxygen atoms in total. The maximum absolute atomic E-state index is 10.7. The van der Waals surface area contributed by atoms with Gasteiger partial charge in [0, 0.05) is 5.56 Å². The van der Waals surface area contributed by atoms with Crippen LogP contribution in [0.3, 0.4) is 0 Å². The Balaban J connectivity index is 3.23. The molecular weight excluding hydrogens is 170 g/mol. The van der Waals surface area contributed by atoms with Gasteiger partial charge in [0.05, 0.1) is 13.2 Å². The van der Waals surface area contributed by atoms with Crippen LogP contribution in [-0.2, 0) is 0 Å². The summed E-state index contributed by atoms with van der Waals surface area (Å²) in [5, 5.41) is 8.55. The third-order valence-electron chi connectivity index (χ3n) is 1.57. The van der Waals surface area contributed by atoms with E-state index in [-0.39, 0.29) is 11.3 Å². The minimum absolute atomic E-state index is 0.179. The minimum Gasteiger partial charge on any atom is -0.489 e. The molecule has 0 saturated carbocycles. The number of nitrogens with zero attached hydrogens (tertiary/aromatic N) is 2. The highest BCUT2D eigenvalue weighted by molar-refractivity contribution is 5.94. The molecule has 0 heterocycles. The number of nitrogens with two attached hydrogens (primary N) is 1. The van der Waals surface area contributed by atoms with E-state index in [0.29, 0.717) is 5.75 Å². The van der Waals surface area contributed by atoms with Crippen molar-refractivity contribution in [3.8, 4) is 5.75 Å². The zero-order chi connectivity index (χ0) is 9.84. The molecule has 0 bridgehead atoms. The molecule has 0 saturated heterocycles. The van der Waals surface area contributed by atoms with Gasteiger partial charge >= 0.3 is 5.69 Å². The van der Waals surface area contributed by atoms with E-state index >= 15 is 0 Å². The lowest BCUT2D eigenvalue weighted by Gasteiger charge is -1.96. The van der Waals surface area contributed by atoms with Crippen molar-refractivity contribution in [3.63, 3.8) is 0 Å². The third kappa shape index (κ3) is 1.73. The van der Waals surface area contributed by atoms with Gasteiger partial charge in [0.25, 0.3) is 0 Å². The first kappa shape index (κ1) is 9.00. The average molecular weight is 178 g/mol. The van der Waals surface area contributed by atoms with Crippen LogP contribution in [0.25, 0.3) is 4.98 Å². The van der Waals surface area contributed by atoms with E-state index in [2.05, 4.69) is 4.98 Å². The zero-order valence-electron chi connectivity index (χ0n) is 7.02. The first-order valence-corrected chi connectivity index (χ1v) is 3.52. The quantitative estimate of drug-likeness (QED) is 0.692. The third-order valence-corrected chi connectivity index (χ3v) is 1.57. The second-order valence-corrected chi connectivity index (χ2v) is 2.35. The molecule has 2 N–H and O–H groups in total. The van der Waals surface area contributed by atoms with Crippen LogP contribution >= 0.6 is 0 Å². The first-order valence-electron chi connectivity index (χ1n) is 3.52. The highest BCUT2D eigenvalue weighted by Gasteiger charge is 2.16. The number of methoxy groups -OCH3 is 1. The van der Waals surface area contributed by atoms with Gasteiger partial charge in [-0.15, -0.1) is 0 Å². The molecule has 0 atom stereocenters. The molecule has 0 aliphatic carbocycles. The van der Waals surface area contributed by atoms with Crippen LogP contribution in [0.5, 0.6) is 5.75 Å². The lowest BCUT2D eigenvalue weighted by molar-refractivity contribution is 0.100. The van der Waals surface area contributed by atoms with Gasteiger partial charge in [0.2, 0.25) is 17.0 Å². The Morgan fingerprint density at radius 3 is 2.77 bits per heavy atom. The predicted octanol–water partition coefficient (Wildman–Crippen LogP) is 1.28. The summed E-state index contributed by atoms with van der Waals surface area (Å²) in [6.07, 6.45) is 0. The highest BCUT2D eigenvalue weighted by atomic mass is 16.5. The fourth-order valence-electron chi connectivity index (χ4n) is 0.921. The van der Waals surface area contributed by atoms with Crippen molar-refractivity contribution in [3.05, 3.63) is 28.7 Å². The molecule has 0 aliphatic rings. The van der Waals surface area contributed by atoms with Gasteiger partial charge in [-0.1, -0.05) is 0 Å². The monoisotopic (exact) mass is 178 g/mol. The van der Waals surface area contributed by atoms with Gasteiger partial charge in [-0.25, -0.2) is 0 Å². The number of amides is 1. The Hall–Kier alpha value is -2.09. The van der Waals surface area contributed by atoms with Crippen LogP contribution in [-0.4, -0.2) is 13.0 Å². The molecule has 1 amide bonds. The number of carbonyl (C=O) groups excluding carboxylic acids is 1. The molecule has 0 spiro atoms. The maximum Gasteiger partial charge on any atom is 0.427 e. The van der Waals surface area contributed by atoms with Crippen LogP contribution in [0.1, 0.15) is 10.4 Å². The summed E-state index contributed by atoms with van der Waals surface area (Å²) in [6.45, 7) is 0. The molecule has 1 aromatic rings. The minimum atomic E-state index is -0.576. The molecule has 5 heteroatoms. The second kappa shape index (κ2) is 3.54. The Morgan fingerprint density at radius 1 is 1.62 bits per heavy atom. The van der Waals surface area contributed by atoms with E-state index in [9.17, 15) is 4.79 Å². The van der Waals surface area contributed by atoms with Gasteiger partial charge in [-0.3, -0.25) is 4.79 Å². The van der Waals surface area contributed by atoms with Gasteiger partial charge in [-0.05, 0) is 12.1 Å². The summed E-state index contributed by atoms with van der Waals surface area (Å²) in [7, 11) is 1.44. The largest absolute Gasteiger partial charge is 0.489 e. The molecule has 1 aromatic carbocycles. The van der Waals surface area contributed by atoms with Crippen molar-refractivity contribution in [2.45, 2.75) is 0 Å². The number of rotatable bonds is 2. The van der Waals surface area contributed by atoms with Gasteiger partial charge in [-0.2, -0.15) is 0 Å². The topological polar surface area (TPSA) is 80.5 Å². The fraction of sp³-hybridized carbons (Fsp3) is 0.125. The lowest BCUT2D eigenvalue weighted by Crippen LogP contribution is -2.10. The van der Waals surface area contributed by atoms with Crippen molar-refractivity contribution in [1.82, 2.24) is 0 Å². The van der Waals surface area contributed by atoms with Crippen LogP contribution in [0.2, 0.25) is 0 Å². The van der Waals surface area contributed by atoms with E-state index in [4.69, 9.17) is 15.9 Å². The van der Waals surface area contributed by atoms with Gasteiger partial charge in [0.1, 0.15) is 0 Å². The van der Waals surface area contributed by atoms with Crippen LogP contribution in [0, 0.1) is 5.39 Å².